The zero-order chi connectivity index (χ0) is 21.1. The van der Waals surface area contributed by atoms with Gasteiger partial charge in [-0.3, -0.25) is 14.9 Å². The summed E-state index contributed by atoms with van der Waals surface area (Å²) in [7, 11) is 0. The third-order valence-corrected chi connectivity index (χ3v) is 4.45. The van der Waals surface area contributed by atoms with Crippen LogP contribution in [0.1, 0.15) is 33.4 Å². The Hall–Kier alpha value is -2.35. The molecule has 0 radical (unpaired) electrons. The molecule has 1 aromatic rings. The highest BCUT2D eigenvalue weighted by Gasteiger charge is 2.25. The lowest BCUT2D eigenvalue weighted by atomic mass is 10.2. The Morgan fingerprint density at radius 1 is 1.21 bits per heavy atom. The first-order chi connectivity index (χ1) is 13.9. The van der Waals surface area contributed by atoms with E-state index in [2.05, 4.69) is 32.4 Å². The minimum atomic E-state index is -0.449. The predicted molar refractivity (Wildman–Crippen MR) is 116 cm³/mol. The van der Waals surface area contributed by atoms with Crippen LogP contribution in [0.15, 0.2) is 29.4 Å². The number of nitrogens with one attached hydrogen (secondary N) is 2. The van der Waals surface area contributed by atoms with E-state index in [0.29, 0.717) is 19.6 Å². The van der Waals surface area contributed by atoms with Gasteiger partial charge >= 0.3 is 6.09 Å². The van der Waals surface area contributed by atoms with Crippen LogP contribution in [0.4, 0.5) is 4.79 Å². The maximum absolute atomic E-state index is 12.1. The number of hydrogen-bond donors (Lipinski definition) is 2. The molecule has 2 N–H and O–H groups in total. The van der Waals surface area contributed by atoms with Crippen molar-refractivity contribution >= 4 is 12.1 Å². The van der Waals surface area contributed by atoms with Crippen molar-refractivity contribution in [2.24, 2.45) is 4.99 Å². The molecule has 1 aromatic heterocycles. The fourth-order valence-electron chi connectivity index (χ4n) is 2.98. The lowest BCUT2D eigenvalue weighted by Crippen LogP contribution is -2.50. The molecular weight excluding hydrogens is 368 g/mol. The van der Waals surface area contributed by atoms with Crippen LogP contribution in [-0.2, 0) is 11.2 Å². The van der Waals surface area contributed by atoms with Crippen molar-refractivity contribution < 1.29 is 9.53 Å². The second kappa shape index (κ2) is 11.6. The van der Waals surface area contributed by atoms with Crippen molar-refractivity contribution in [2.75, 3.05) is 52.4 Å². The Labute approximate surface area is 174 Å². The molecule has 8 nitrogen and oxygen atoms in total. The van der Waals surface area contributed by atoms with Crippen molar-refractivity contribution in [3.05, 3.63) is 30.1 Å². The Balaban J connectivity index is 1.69. The standard InChI is InChI=1S/C21H36N6O2/c1-5-22-19(24-11-9-18-8-6-7-10-23-18)25-12-13-26-14-16-27(17-15-26)20(28)29-21(2,3)4/h6-8,10H,5,9,11-17H2,1-4H3,(H2,22,24,25). The normalized spacial score (nSPS) is 15.9. The number of amides is 1. The molecule has 0 spiro atoms. The van der Waals surface area contributed by atoms with Crippen LogP contribution in [0.5, 0.6) is 0 Å². The molecule has 2 heterocycles. The van der Waals surface area contributed by atoms with Gasteiger partial charge in [0.05, 0.1) is 6.54 Å². The predicted octanol–water partition coefficient (Wildman–Crippen LogP) is 1.73. The summed E-state index contributed by atoms with van der Waals surface area (Å²) in [6.07, 6.45) is 2.46. The monoisotopic (exact) mass is 404 g/mol. The number of guanidine groups is 1. The number of pyridine rings is 1. The minimum Gasteiger partial charge on any atom is -0.444 e. The first-order valence-electron chi connectivity index (χ1n) is 10.5. The zero-order valence-electron chi connectivity index (χ0n) is 18.3. The number of aromatic nitrogens is 1. The van der Waals surface area contributed by atoms with Crippen molar-refractivity contribution in [1.29, 1.82) is 0 Å². The summed E-state index contributed by atoms with van der Waals surface area (Å²) in [6.45, 7) is 14.0. The summed E-state index contributed by atoms with van der Waals surface area (Å²) >= 11 is 0. The highest BCUT2D eigenvalue weighted by atomic mass is 16.6. The van der Waals surface area contributed by atoms with Gasteiger partial charge in [-0.2, -0.15) is 0 Å². The van der Waals surface area contributed by atoms with E-state index in [4.69, 9.17) is 4.74 Å². The van der Waals surface area contributed by atoms with E-state index in [1.807, 2.05) is 45.2 Å². The second-order valence-electron chi connectivity index (χ2n) is 8.07. The van der Waals surface area contributed by atoms with E-state index in [0.717, 1.165) is 50.8 Å². The Bertz CT molecular complexity index is 636. The third kappa shape index (κ3) is 9.13. The number of nitrogens with zero attached hydrogens (tertiary/aromatic N) is 4. The zero-order valence-corrected chi connectivity index (χ0v) is 18.3. The van der Waals surface area contributed by atoms with Gasteiger partial charge < -0.3 is 20.3 Å². The van der Waals surface area contributed by atoms with Crippen LogP contribution < -0.4 is 10.6 Å². The molecule has 1 fully saturated rings. The first kappa shape index (κ1) is 22.9. The molecule has 8 heteroatoms. The molecule has 0 aliphatic carbocycles. The first-order valence-corrected chi connectivity index (χ1v) is 10.5. The quantitative estimate of drug-likeness (QED) is 0.532. The van der Waals surface area contributed by atoms with Gasteiger partial charge in [-0.15, -0.1) is 0 Å². The molecule has 0 bridgehead atoms. The van der Waals surface area contributed by atoms with Gasteiger partial charge in [-0.05, 0) is 39.8 Å². The maximum Gasteiger partial charge on any atom is 0.410 e. The van der Waals surface area contributed by atoms with Crippen molar-refractivity contribution in [3.8, 4) is 0 Å². The number of carbonyl (C=O) groups is 1. The van der Waals surface area contributed by atoms with Gasteiger partial charge in [-0.25, -0.2) is 4.79 Å². The summed E-state index contributed by atoms with van der Waals surface area (Å²) in [5.41, 5.74) is 0.619. The molecule has 2 rings (SSSR count). The van der Waals surface area contributed by atoms with Crippen molar-refractivity contribution in [1.82, 2.24) is 25.4 Å². The van der Waals surface area contributed by atoms with Gasteiger partial charge in [0.15, 0.2) is 5.96 Å². The van der Waals surface area contributed by atoms with Gasteiger partial charge in [0.1, 0.15) is 5.60 Å². The average Bonchev–Trinajstić information content (AvgIpc) is 2.68. The Morgan fingerprint density at radius 3 is 2.59 bits per heavy atom. The van der Waals surface area contributed by atoms with E-state index in [1.165, 1.54) is 0 Å². The number of piperazine rings is 1. The van der Waals surface area contributed by atoms with Crippen LogP contribution >= 0.6 is 0 Å². The number of rotatable bonds is 7. The Morgan fingerprint density at radius 2 is 1.97 bits per heavy atom. The fourth-order valence-corrected chi connectivity index (χ4v) is 2.98. The smallest absolute Gasteiger partial charge is 0.410 e. The van der Waals surface area contributed by atoms with Crippen LogP contribution in [0, 0.1) is 0 Å². The summed E-state index contributed by atoms with van der Waals surface area (Å²) in [5, 5.41) is 6.64. The number of carbonyl (C=O) groups excluding carboxylic acids is 1. The van der Waals surface area contributed by atoms with E-state index < -0.39 is 5.60 Å². The summed E-state index contributed by atoms with van der Waals surface area (Å²) < 4.78 is 5.45. The van der Waals surface area contributed by atoms with Crippen LogP contribution in [0.2, 0.25) is 0 Å². The number of ether oxygens (including phenoxy) is 1. The number of hydrogen-bond acceptors (Lipinski definition) is 5. The van der Waals surface area contributed by atoms with Gasteiger partial charge in [0, 0.05) is 64.1 Å². The topological polar surface area (TPSA) is 82.1 Å². The molecule has 0 unspecified atom stereocenters. The second-order valence-corrected chi connectivity index (χ2v) is 8.07. The molecule has 29 heavy (non-hydrogen) atoms. The summed E-state index contributed by atoms with van der Waals surface area (Å²) in [5.74, 6) is 0.829. The van der Waals surface area contributed by atoms with Gasteiger partial charge in [-0.1, -0.05) is 6.07 Å². The molecule has 0 saturated carbocycles. The SMILES string of the molecule is CCNC(=NCCN1CCN(C(=O)OC(C)(C)C)CC1)NCCc1ccccn1. The third-order valence-electron chi connectivity index (χ3n) is 4.45. The highest BCUT2D eigenvalue weighted by molar-refractivity contribution is 5.79. The van der Waals surface area contributed by atoms with E-state index in [9.17, 15) is 4.79 Å². The Kier molecular flexibility index (Phi) is 9.18. The van der Waals surface area contributed by atoms with Gasteiger partial charge in [0.25, 0.3) is 0 Å². The molecule has 1 amide bonds. The molecule has 162 valence electrons. The van der Waals surface area contributed by atoms with E-state index in [1.54, 1.807) is 4.90 Å². The van der Waals surface area contributed by atoms with Gasteiger partial charge in [0.2, 0.25) is 0 Å². The highest BCUT2D eigenvalue weighted by Crippen LogP contribution is 2.11. The summed E-state index contributed by atoms with van der Waals surface area (Å²) in [6, 6.07) is 5.96. The minimum absolute atomic E-state index is 0.221. The van der Waals surface area contributed by atoms with Crippen LogP contribution in [0.25, 0.3) is 0 Å². The molecule has 1 aliphatic rings. The molecule has 0 aromatic carbocycles. The van der Waals surface area contributed by atoms with E-state index in [-0.39, 0.29) is 6.09 Å². The maximum atomic E-state index is 12.1. The van der Waals surface area contributed by atoms with Crippen LogP contribution in [-0.4, -0.2) is 84.8 Å². The molecule has 1 saturated heterocycles. The van der Waals surface area contributed by atoms with Crippen molar-refractivity contribution in [3.63, 3.8) is 0 Å². The largest absolute Gasteiger partial charge is 0.444 e. The molecule has 0 atom stereocenters. The molecular formula is C21H36N6O2. The number of aliphatic imine (C=N–C) groups is 1. The van der Waals surface area contributed by atoms with Crippen LogP contribution in [0.3, 0.4) is 0 Å². The molecule has 1 aliphatic heterocycles. The van der Waals surface area contributed by atoms with Crippen molar-refractivity contribution in [2.45, 2.75) is 39.7 Å². The lowest BCUT2D eigenvalue weighted by molar-refractivity contribution is 0.0148. The van der Waals surface area contributed by atoms with E-state index >= 15 is 0 Å². The fraction of sp³-hybridized carbons (Fsp3) is 0.667. The summed E-state index contributed by atoms with van der Waals surface area (Å²) in [4.78, 5) is 25.3. The average molecular weight is 405 g/mol. The lowest BCUT2D eigenvalue weighted by Gasteiger charge is -2.35.